The third-order valence-electron chi connectivity index (χ3n) is 12.9. The number of aryl methyl sites for hydroxylation is 18. The van der Waals surface area contributed by atoms with E-state index in [2.05, 4.69) is 0 Å². The lowest BCUT2D eigenvalue weighted by Gasteiger charge is -2.14. The summed E-state index contributed by atoms with van der Waals surface area (Å²) in [5.41, 5.74) is 15.0. The molecule has 0 bridgehead atoms. The summed E-state index contributed by atoms with van der Waals surface area (Å²) in [5, 5.41) is 0. The van der Waals surface area contributed by atoms with Crippen molar-refractivity contribution >= 4 is 0 Å². The molecule has 8 rings (SSSR count). The summed E-state index contributed by atoms with van der Waals surface area (Å²) in [4.78, 5) is 0. The number of hydrogen-bond acceptors (Lipinski definition) is 0. The first kappa shape index (κ1) is 29.4. The minimum atomic E-state index is -2.77. The first-order valence-electron chi connectivity index (χ1n) is 37.9. The zero-order chi connectivity index (χ0) is 77.8. The minimum absolute atomic E-state index is 0.139. The van der Waals surface area contributed by atoms with Crippen LogP contribution in [0.15, 0.2) is 122 Å². The molecule has 0 radical (unpaired) electrons. The lowest BCUT2D eigenvalue weighted by Crippen LogP contribution is -2.31. The predicted molar refractivity (Wildman–Crippen MR) is 311 cm³/mol. The van der Waals surface area contributed by atoms with Crippen LogP contribution in [-0.2, 0) is 34.6 Å². The largest absolute Gasteiger partial charge is 0.212 e. The van der Waals surface area contributed by atoms with Crippen molar-refractivity contribution in [3.8, 4) is 45.0 Å². The van der Waals surface area contributed by atoms with Crippen molar-refractivity contribution in [2.24, 2.45) is 28.2 Å². The van der Waals surface area contributed by atoms with Gasteiger partial charge in [0.15, 0.2) is 24.8 Å². The molecular formula is C69H90N4+4. The number of rotatable bonds is 7. The zero-order valence-corrected chi connectivity index (χ0v) is 44.8. The Bertz CT molecular complexity index is 4210. The molecule has 0 aliphatic carbocycles. The SMILES string of the molecule is [2H]C([2H])([2H])c1cc(C)c(-c2ccc(C([2H])(C)C([2H])([2H])[2H])c[n+]2C)cc1C.[2H]C([2H])([2H])c1ccc(-c2cc(C)c(C([2H])(C)C([2H])([2H])[2H])cc2C)[n+](C)c1.[2H]C([2H])([2H])c1ccc(-c2cc(C)c(C([2H])([2H])C([2H])([2H])[2H])cc2C)[n+](C)c1.[2H]C([2H])([2H])c1ccc(-c2cc(C)c(C([2H])([2H])[2H])cc2C)[n+](C)c1. The van der Waals surface area contributed by atoms with Gasteiger partial charge in [0, 0.05) is 107 Å². The third kappa shape index (κ3) is 14.4. The molecular weight excluding hydrogens is 885 g/mol. The van der Waals surface area contributed by atoms with Crippen molar-refractivity contribution in [3.63, 3.8) is 0 Å². The lowest BCUT2D eigenvalue weighted by molar-refractivity contribution is -0.661. The molecule has 0 spiro atoms. The summed E-state index contributed by atoms with van der Waals surface area (Å²) >= 11 is 0. The van der Waals surface area contributed by atoms with E-state index >= 15 is 0 Å². The van der Waals surface area contributed by atoms with Gasteiger partial charge in [-0.15, -0.1) is 0 Å². The smallest absolute Gasteiger partial charge is 0.201 e. The number of hydrogen-bond donors (Lipinski definition) is 0. The number of nitrogens with zero attached hydrogens (tertiary/aromatic N) is 4. The molecule has 73 heavy (non-hydrogen) atoms. The van der Waals surface area contributed by atoms with Gasteiger partial charge >= 0.3 is 0 Å². The van der Waals surface area contributed by atoms with Gasteiger partial charge in [-0.05, 0) is 223 Å². The second-order valence-corrected chi connectivity index (χ2v) is 19.0. The number of benzene rings is 4. The Balaban J connectivity index is 0.000000243. The topological polar surface area (TPSA) is 15.5 Å². The van der Waals surface area contributed by atoms with E-state index in [9.17, 15) is 0 Å². The van der Waals surface area contributed by atoms with E-state index in [1.807, 2.05) is 39.0 Å². The van der Waals surface area contributed by atoms with Crippen LogP contribution in [0.3, 0.4) is 0 Å². The molecule has 0 aliphatic heterocycles. The quantitative estimate of drug-likeness (QED) is 0.141. The highest BCUT2D eigenvalue weighted by Gasteiger charge is 2.18. The van der Waals surface area contributed by atoms with Crippen molar-refractivity contribution in [3.05, 3.63) is 211 Å². The summed E-state index contributed by atoms with van der Waals surface area (Å²) < 4.78 is 221. The van der Waals surface area contributed by atoms with Gasteiger partial charge in [0.2, 0.25) is 22.8 Å². The highest BCUT2D eigenvalue weighted by Crippen LogP contribution is 2.30. The summed E-state index contributed by atoms with van der Waals surface area (Å²) in [5.74, 6) is -3.41. The van der Waals surface area contributed by atoms with Gasteiger partial charge in [0.1, 0.15) is 28.2 Å². The van der Waals surface area contributed by atoms with Gasteiger partial charge in [-0.3, -0.25) is 0 Å². The molecule has 0 aliphatic rings. The van der Waals surface area contributed by atoms with E-state index < -0.39 is 73.0 Å². The van der Waals surface area contributed by atoms with Gasteiger partial charge in [0.25, 0.3) is 0 Å². The normalized spacial score (nSPS) is 19.8. The van der Waals surface area contributed by atoms with Gasteiger partial charge < -0.3 is 0 Å². The van der Waals surface area contributed by atoms with Crippen LogP contribution >= 0.6 is 0 Å². The van der Waals surface area contributed by atoms with E-state index in [1.54, 1.807) is 185 Å². The van der Waals surface area contributed by atoms with Gasteiger partial charge in [0.05, 0.1) is 0 Å². The maximum atomic E-state index is 8.34. The first-order valence-corrected chi connectivity index (χ1v) is 23.9. The monoisotopic (exact) mass is 1000 g/mol. The average molecular weight is 1000 g/mol. The Morgan fingerprint density at radius 3 is 1.16 bits per heavy atom. The predicted octanol–water partition coefficient (Wildman–Crippen LogP) is 15.5. The van der Waals surface area contributed by atoms with Crippen molar-refractivity contribution in [1.29, 1.82) is 0 Å². The Hall–Kier alpha value is -6.52. The lowest BCUT2D eigenvalue weighted by atomic mass is 9.92. The van der Waals surface area contributed by atoms with E-state index in [1.165, 1.54) is 13.8 Å². The number of aromatic nitrogens is 4. The summed E-state index contributed by atoms with van der Waals surface area (Å²) in [7, 11) is 7.11. The van der Waals surface area contributed by atoms with Crippen LogP contribution in [0.5, 0.6) is 0 Å². The van der Waals surface area contributed by atoms with E-state index in [4.69, 9.17) is 38.4 Å². The molecule has 4 heteroatoms. The second kappa shape index (κ2) is 24.9. The maximum absolute atomic E-state index is 8.34. The van der Waals surface area contributed by atoms with Crippen LogP contribution < -0.4 is 18.3 Å². The van der Waals surface area contributed by atoms with Crippen molar-refractivity contribution in [2.75, 3.05) is 0 Å². The van der Waals surface area contributed by atoms with Crippen LogP contribution in [0.1, 0.15) is 174 Å². The fourth-order valence-corrected chi connectivity index (χ4v) is 8.68. The molecule has 4 nitrogen and oxygen atoms in total. The Morgan fingerprint density at radius 2 is 0.781 bits per heavy atom. The molecule has 0 amide bonds. The summed E-state index contributed by atoms with van der Waals surface area (Å²) in [6, 6.07) is 27.4. The van der Waals surface area contributed by atoms with Crippen molar-refractivity contribution in [2.45, 2.75) is 142 Å². The molecule has 4 heterocycles. The van der Waals surface area contributed by atoms with Crippen LogP contribution in [-0.4, -0.2) is 0 Å². The second-order valence-electron chi connectivity index (χ2n) is 19.0. The van der Waals surface area contributed by atoms with Crippen LogP contribution in [0.4, 0.5) is 0 Å². The minimum Gasteiger partial charge on any atom is -0.201 e. The Kier molecular flexibility index (Phi) is 10.0. The summed E-state index contributed by atoms with van der Waals surface area (Å²) in [6.45, 7) is -1.25. The van der Waals surface area contributed by atoms with Crippen LogP contribution in [0, 0.1) is 89.6 Å². The fourth-order valence-electron chi connectivity index (χ4n) is 8.68. The Labute approximate surface area is 482 Å². The van der Waals surface area contributed by atoms with Crippen molar-refractivity contribution < 1.29 is 56.6 Å². The van der Waals surface area contributed by atoms with Crippen LogP contribution in [0.2, 0.25) is 0 Å². The van der Waals surface area contributed by atoms with Crippen LogP contribution in [0.25, 0.3) is 45.0 Å². The third-order valence-corrected chi connectivity index (χ3v) is 12.9. The highest BCUT2D eigenvalue weighted by atomic mass is 14.9. The zero-order valence-electron chi connectivity index (χ0n) is 72.8. The molecule has 2 atom stereocenters. The molecule has 0 N–H and O–H groups in total. The Morgan fingerprint density at radius 1 is 0.397 bits per heavy atom. The molecule has 4 aromatic carbocycles. The van der Waals surface area contributed by atoms with Gasteiger partial charge in [-0.2, -0.15) is 0 Å². The molecule has 0 fully saturated rings. The molecule has 382 valence electrons. The van der Waals surface area contributed by atoms with Crippen molar-refractivity contribution in [1.82, 2.24) is 0 Å². The van der Waals surface area contributed by atoms with Gasteiger partial charge in [-0.25, -0.2) is 18.3 Å². The fraction of sp³-hybridized carbons (Fsp3) is 0.362. The molecule has 8 aromatic rings. The van der Waals surface area contributed by atoms with Gasteiger partial charge in [-0.1, -0.05) is 58.7 Å². The molecule has 4 aromatic heterocycles. The average Bonchev–Trinajstić information content (AvgIpc) is 0.776. The number of pyridine rings is 4. The van der Waals surface area contributed by atoms with E-state index in [-0.39, 0.29) is 22.3 Å². The molecule has 0 saturated carbocycles. The standard InChI is InChI=1S/2C18H24N.C17H22N.C16H20N/c1-12(2)16-7-8-18(19(6)11-16)17-10-14(4)13(3)9-15(17)5;1-12(2)16-9-15(5)17(10-14(16)4)18-8-7-13(3)11-19(18)6;1-6-15-9-14(4)16(10-13(15)3)17-8-7-12(2)11-18(17)5;1-11-6-7-16(17(5)10-11)15-9-13(3)12(2)8-14(15)4/h2*7-12H,1-6H3;7-11H,6H2,1-5H3;6-10H,1-5H3/q4*+1/i2*1D3,3D3,12D;1D3,2D3,6D2;1D3,2D3. The molecule has 2 unspecified atom stereocenters. The van der Waals surface area contributed by atoms with E-state index in [0.717, 1.165) is 72.8 Å². The maximum Gasteiger partial charge on any atom is 0.212 e. The summed E-state index contributed by atoms with van der Waals surface area (Å²) in [6.07, 6.45) is 3.93. The highest BCUT2D eigenvalue weighted by molar-refractivity contribution is 5.66. The first-order chi connectivity index (χ1) is 45.4. The van der Waals surface area contributed by atoms with E-state index in [0.29, 0.717) is 38.9 Å². The molecule has 0 saturated heterocycles.